The zero-order valence-corrected chi connectivity index (χ0v) is 61.1. The van der Waals surface area contributed by atoms with Crippen LogP contribution in [-0.2, 0) is 38.1 Å². The van der Waals surface area contributed by atoms with Gasteiger partial charge in [-0.2, -0.15) is 0 Å². The molecular formula is C80H102N16O12. The van der Waals surface area contributed by atoms with Gasteiger partial charge in [0.15, 0.2) is 0 Å². The Balaban J connectivity index is 0.827. The number of nitrogens with two attached hydrogens (primary N) is 8. The summed E-state index contributed by atoms with van der Waals surface area (Å²) in [5.41, 5.74) is 59.9. The van der Waals surface area contributed by atoms with Gasteiger partial charge in [-0.3, -0.25) is 48.8 Å². The fourth-order valence-electron chi connectivity index (χ4n) is 14.9. The van der Waals surface area contributed by atoms with Gasteiger partial charge in [-0.1, -0.05) is 60.7 Å². The molecule has 0 saturated carbocycles. The summed E-state index contributed by atoms with van der Waals surface area (Å²) in [7, 11) is 0. The number of H-pyrrole nitrogens is 1. The summed E-state index contributed by atoms with van der Waals surface area (Å²) in [4.78, 5) is 74.2. The van der Waals surface area contributed by atoms with Crippen molar-refractivity contribution in [3.8, 4) is 23.0 Å². The van der Waals surface area contributed by atoms with Crippen LogP contribution in [0.5, 0.6) is 23.0 Å². The summed E-state index contributed by atoms with van der Waals surface area (Å²) in [6.45, 7) is 6.72. The number of aromatic nitrogens is 1. The summed E-state index contributed by atoms with van der Waals surface area (Å²) < 4.78 is 48.2. The fraction of sp³-hybridized carbons (Fsp3) is 0.450. The van der Waals surface area contributed by atoms with E-state index in [1.54, 1.807) is 0 Å². The van der Waals surface area contributed by atoms with Crippen molar-refractivity contribution in [2.24, 2.45) is 55.9 Å². The molecule has 574 valence electrons. The normalized spacial score (nSPS) is 26.1. The smallest absolute Gasteiger partial charge is 0.320 e. The molecule has 0 radical (unpaired) electrons. The van der Waals surface area contributed by atoms with Crippen LogP contribution in [0.1, 0.15) is 67.2 Å². The fourth-order valence-corrected chi connectivity index (χ4v) is 14.9. The Morgan fingerprint density at radius 3 is 1.15 bits per heavy atom. The number of aliphatic imine (C=N–C) groups is 2. The van der Waals surface area contributed by atoms with E-state index in [9.17, 15) is 19.2 Å². The highest BCUT2D eigenvalue weighted by molar-refractivity contribution is 6.26. The average Bonchev–Trinajstić information content (AvgIpc) is 1.62. The first kappa shape index (κ1) is 76.8. The van der Waals surface area contributed by atoms with Gasteiger partial charge in [0, 0.05) is 177 Å². The van der Waals surface area contributed by atoms with Gasteiger partial charge in [-0.05, 0) is 102 Å². The molecular weight excluding hydrogens is 1380 g/mol. The number of benzene rings is 4. The number of fused-ring (bicyclic) bond motifs is 6. The zero-order chi connectivity index (χ0) is 75.2. The second-order valence-corrected chi connectivity index (χ2v) is 29.0. The lowest BCUT2D eigenvalue weighted by Crippen LogP contribution is -2.39. The predicted molar refractivity (Wildman–Crippen MR) is 411 cm³/mol. The molecule has 28 nitrogen and oxygen atoms in total. The Bertz CT molecular complexity index is 4360. The van der Waals surface area contributed by atoms with Gasteiger partial charge >= 0.3 is 23.9 Å². The molecule has 8 bridgehead atoms. The van der Waals surface area contributed by atoms with E-state index in [1.807, 2.05) is 92.4 Å². The van der Waals surface area contributed by atoms with Crippen LogP contribution in [0.3, 0.4) is 0 Å². The highest BCUT2D eigenvalue weighted by Gasteiger charge is 2.35. The first-order valence-corrected chi connectivity index (χ1v) is 37.6. The van der Waals surface area contributed by atoms with E-state index in [0.29, 0.717) is 134 Å². The predicted octanol–water partition coefficient (Wildman–Crippen LogP) is 0.869. The number of carbonyl (C=O) groups excluding carboxylic acids is 4. The molecule has 8 aliphatic rings. The van der Waals surface area contributed by atoms with Gasteiger partial charge in [0.1, 0.15) is 23.0 Å². The van der Waals surface area contributed by atoms with Gasteiger partial charge in [0.25, 0.3) is 0 Å². The molecule has 9 atom stereocenters. The van der Waals surface area contributed by atoms with Gasteiger partial charge < -0.3 is 94.1 Å². The number of nitrogens with zero attached hydrogens (tertiary/aromatic N) is 6. The van der Waals surface area contributed by atoms with Crippen molar-refractivity contribution >= 4 is 57.6 Å². The lowest BCUT2D eigenvalue weighted by molar-refractivity contribution is -0.145. The lowest BCUT2D eigenvalue weighted by atomic mass is 9.95. The Labute approximate surface area is 628 Å². The summed E-state index contributed by atoms with van der Waals surface area (Å²) in [5.74, 6) is 1.16. The highest BCUT2D eigenvalue weighted by Crippen LogP contribution is 2.41. The van der Waals surface area contributed by atoms with Crippen LogP contribution in [0.2, 0.25) is 0 Å². The lowest BCUT2D eigenvalue weighted by Gasteiger charge is -2.21. The van der Waals surface area contributed by atoms with Crippen LogP contribution in [0.15, 0.2) is 154 Å². The standard InChI is InChI=1S/C80H102N16O12/c81-57-37-93(38-58(57)82)45-73(97)105-29-5-25-101-53-13-1-9-49(33-53)77-65-17-19-67(89-65)78(50-10-2-14-54(34-50)102-26-6-30-106-74(98)46-94-39-59(83)60(84)40-94)69-21-23-71(91-69)80(52-12-4-16-56(36-52)104-28-8-32-108-76(100)48-96-43-63(87)64(88)44-96)72-24-22-70(92-72)79(68-20-18-66(77)90-68)51-11-3-15-55(35-51)103-27-7-31-107-75(99)47-95-41-61(85)62(86)42-95/h1-4,9-19,22,24,33-36,57-64,67,89,92H,5-8,20-21,23,25-32,37-48,81-88H2/b77-65-,78-69-,79-70-,80-72-/t57-,58-,59-,60-,61-,62-,63-,64-,67?/m1/s1. The molecule has 1 unspecified atom stereocenters. The van der Waals surface area contributed by atoms with Crippen LogP contribution < -0.4 is 80.8 Å². The second kappa shape index (κ2) is 36.2. The molecule has 0 aliphatic carbocycles. The molecule has 28 heteroatoms. The minimum Gasteiger partial charge on any atom is -0.493 e. The quantitative estimate of drug-likeness (QED) is 0.0162. The van der Waals surface area contributed by atoms with E-state index >= 15 is 0 Å². The Morgan fingerprint density at radius 2 is 0.759 bits per heavy atom. The molecule has 108 heavy (non-hydrogen) atoms. The van der Waals surface area contributed by atoms with Gasteiger partial charge in [0.2, 0.25) is 0 Å². The number of nitrogens with one attached hydrogen (secondary N) is 2. The topological polar surface area (TPSA) is 416 Å². The van der Waals surface area contributed by atoms with E-state index in [1.165, 1.54) is 0 Å². The maximum Gasteiger partial charge on any atom is 0.320 e. The van der Waals surface area contributed by atoms with Gasteiger partial charge in [-0.25, -0.2) is 0 Å². The minimum atomic E-state index is -0.402. The van der Waals surface area contributed by atoms with Gasteiger partial charge in [0.05, 0.1) is 102 Å². The minimum absolute atomic E-state index is 0.123. The van der Waals surface area contributed by atoms with Crippen molar-refractivity contribution in [1.29, 1.82) is 0 Å². The average molecular weight is 1480 g/mol. The number of aromatic amines is 1. The van der Waals surface area contributed by atoms with E-state index in [0.717, 1.165) is 83.8 Å². The number of hydrogen-bond acceptors (Lipinski definition) is 27. The number of ether oxygens (including phenoxy) is 8. The Hall–Kier alpha value is -9.40. The van der Waals surface area contributed by atoms with Crippen LogP contribution >= 0.6 is 0 Å². The molecule has 4 fully saturated rings. The molecule has 18 N–H and O–H groups in total. The third-order valence-electron chi connectivity index (χ3n) is 20.5. The van der Waals surface area contributed by atoms with Crippen molar-refractivity contribution in [1.82, 2.24) is 29.9 Å². The summed E-state index contributed by atoms with van der Waals surface area (Å²) in [6, 6.07) is 34.2. The van der Waals surface area contributed by atoms with Crippen LogP contribution in [0, 0.1) is 0 Å². The molecule has 8 aliphatic heterocycles. The van der Waals surface area contributed by atoms with E-state index in [4.69, 9.17) is 93.7 Å². The van der Waals surface area contributed by atoms with Crippen molar-refractivity contribution < 1.29 is 57.1 Å². The SMILES string of the molecule is N[C@@H]1CN(CC(=O)OCCCOc2cccc(/C3=C4\C=CC(N4)/C(c4cccc(OCCCOC(=O)CN5C[C@@H](N)[C@H](N)C5)c4)=C4/CCC(=N4)/C(c4cccc(OCCCOC(=O)CN5C[C@@H](N)[C@H](N)C5)c4)=c4/cc/c([nH]4)=C(\c4cccc(OCCCOC(=O)CN5C[C@@H](N)[C@H](N)C5)c4)C4=NC3=CC4)c2)C[C@H]1N. The van der Waals surface area contributed by atoms with E-state index in [2.05, 4.69) is 64.9 Å². The number of hydrogen-bond donors (Lipinski definition) is 10. The maximum absolute atomic E-state index is 12.8. The number of carbonyl (C=O) groups is 4. The Kier molecular flexibility index (Phi) is 25.7. The summed E-state index contributed by atoms with van der Waals surface area (Å²) in [5, 5.41) is 5.58. The zero-order valence-electron chi connectivity index (χ0n) is 61.1. The molecule has 1 aromatic heterocycles. The number of likely N-dealkylation sites (tertiary alicyclic amines) is 4. The van der Waals surface area contributed by atoms with E-state index < -0.39 is 6.04 Å². The van der Waals surface area contributed by atoms with Crippen molar-refractivity contribution in [2.75, 3.05) is 131 Å². The molecule has 13 rings (SSSR count). The number of esters is 4. The van der Waals surface area contributed by atoms with Crippen LogP contribution in [-0.4, -0.2) is 246 Å². The first-order chi connectivity index (χ1) is 52.4. The second-order valence-electron chi connectivity index (χ2n) is 29.0. The van der Waals surface area contributed by atoms with Crippen LogP contribution in [0.4, 0.5) is 0 Å². The molecule has 5 aromatic rings. The monoisotopic (exact) mass is 1480 g/mol. The number of rotatable bonds is 32. The molecule has 0 amide bonds. The van der Waals surface area contributed by atoms with E-state index in [-0.39, 0.29) is 138 Å². The Morgan fingerprint density at radius 1 is 0.407 bits per heavy atom. The molecule has 9 heterocycles. The molecule has 0 spiro atoms. The highest BCUT2D eigenvalue weighted by atomic mass is 16.6. The largest absolute Gasteiger partial charge is 0.493 e. The number of allylic oxidation sites excluding steroid dienone is 4. The third-order valence-corrected chi connectivity index (χ3v) is 20.5. The molecule has 4 aromatic carbocycles. The van der Waals surface area contributed by atoms with Gasteiger partial charge in [-0.15, -0.1) is 0 Å². The first-order valence-electron chi connectivity index (χ1n) is 37.6. The summed E-state index contributed by atoms with van der Waals surface area (Å²) in [6.07, 6.45) is 9.92. The van der Waals surface area contributed by atoms with Crippen molar-refractivity contribution in [2.45, 2.75) is 99.3 Å². The van der Waals surface area contributed by atoms with Crippen molar-refractivity contribution in [3.05, 3.63) is 177 Å². The summed E-state index contributed by atoms with van der Waals surface area (Å²) >= 11 is 0. The maximum atomic E-state index is 12.8. The third kappa shape index (κ3) is 19.9. The molecule has 4 saturated heterocycles. The van der Waals surface area contributed by atoms with Crippen LogP contribution in [0.25, 0.3) is 22.3 Å². The van der Waals surface area contributed by atoms with Crippen molar-refractivity contribution in [3.63, 3.8) is 0 Å².